The first kappa shape index (κ1) is 8.76. The lowest BCUT2D eigenvalue weighted by molar-refractivity contribution is -0.118. The molecule has 0 heterocycles. The Morgan fingerprint density at radius 3 is 2.85 bits per heavy atom. The summed E-state index contributed by atoms with van der Waals surface area (Å²) in [6, 6.07) is 7.79. The third-order valence-electron chi connectivity index (χ3n) is 2.59. The molecule has 0 saturated heterocycles. The summed E-state index contributed by atoms with van der Waals surface area (Å²) in [5, 5.41) is 0.756. The van der Waals surface area contributed by atoms with E-state index in [0.29, 0.717) is 11.7 Å². The van der Waals surface area contributed by atoms with E-state index in [-0.39, 0.29) is 5.92 Å². The smallest absolute Gasteiger partial charge is 0.133 e. The molecule has 1 nitrogen and oxygen atoms in total. The van der Waals surface area contributed by atoms with Crippen molar-refractivity contribution in [2.45, 2.75) is 19.3 Å². The first-order valence-electron chi connectivity index (χ1n) is 4.44. The number of hydrogen-bond acceptors (Lipinski definition) is 1. The minimum absolute atomic E-state index is 0.249. The number of benzene rings is 1. The molecule has 0 unspecified atom stereocenters. The zero-order chi connectivity index (χ0) is 9.42. The summed E-state index contributed by atoms with van der Waals surface area (Å²) in [6.45, 7) is 1.66. The third kappa shape index (κ3) is 1.75. The first-order valence-corrected chi connectivity index (χ1v) is 4.82. The molecule has 0 spiro atoms. The Morgan fingerprint density at radius 1 is 1.54 bits per heavy atom. The maximum absolute atomic E-state index is 11.0. The van der Waals surface area contributed by atoms with Gasteiger partial charge in [-0.15, -0.1) is 0 Å². The van der Waals surface area contributed by atoms with Crippen molar-refractivity contribution in [1.29, 1.82) is 0 Å². The molecule has 0 N–H and O–H groups in total. The van der Waals surface area contributed by atoms with Crippen molar-refractivity contribution in [3.05, 3.63) is 34.9 Å². The molecule has 1 aromatic carbocycles. The molecule has 2 atom stereocenters. The van der Waals surface area contributed by atoms with E-state index in [1.54, 1.807) is 6.92 Å². The lowest BCUT2D eigenvalue weighted by Crippen LogP contribution is -1.94. The average Bonchev–Trinajstić information content (AvgIpc) is 2.82. The first-order chi connectivity index (χ1) is 6.18. The van der Waals surface area contributed by atoms with E-state index in [0.717, 1.165) is 11.4 Å². The molecule has 1 saturated carbocycles. The number of carbonyl (C=O) groups excluding carboxylic acids is 1. The van der Waals surface area contributed by atoms with Gasteiger partial charge in [0.2, 0.25) is 0 Å². The van der Waals surface area contributed by atoms with Crippen LogP contribution in [0, 0.1) is 5.92 Å². The molecule has 68 valence electrons. The monoisotopic (exact) mass is 194 g/mol. The van der Waals surface area contributed by atoms with E-state index in [1.807, 2.05) is 24.3 Å². The summed E-state index contributed by atoms with van der Waals surface area (Å²) in [5.41, 5.74) is 1.20. The van der Waals surface area contributed by atoms with Crippen molar-refractivity contribution in [3.8, 4) is 0 Å². The molecule has 1 aromatic rings. The van der Waals surface area contributed by atoms with Gasteiger partial charge in [-0.1, -0.05) is 23.7 Å². The average molecular weight is 195 g/mol. The molecular weight excluding hydrogens is 184 g/mol. The fourth-order valence-corrected chi connectivity index (χ4v) is 1.95. The van der Waals surface area contributed by atoms with E-state index in [1.165, 1.54) is 5.56 Å². The van der Waals surface area contributed by atoms with Crippen molar-refractivity contribution < 1.29 is 4.79 Å². The van der Waals surface area contributed by atoms with Crippen LogP contribution in [0.5, 0.6) is 0 Å². The van der Waals surface area contributed by atoms with Crippen molar-refractivity contribution in [3.63, 3.8) is 0 Å². The topological polar surface area (TPSA) is 17.1 Å². The van der Waals surface area contributed by atoms with Gasteiger partial charge in [-0.2, -0.15) is 0 Å². The van der Waals surface area contributed by atoms with E-state index in [9.17, 15) is 4.79 Å². The van der Waals surface area contributed by atoms with Gasteiger partial charge in [-0.25, -0.2) is 0 Å². The largest absolute Gasteiger partial charge is 0.300 e. The van der Waals surface area contributed by atoms with Crippen molar-refractivity contribution >= 4 is 17.4 Å². The van der Waals surface area contributed by atoms with Gasteiger partial charge in [0.15, 0.2) is 0 Å². The summed E-state index contributed by atoms with van der Waals surface area (Å²) in [6.07, 6.45) is 0.996. The zero-order valence-corrected chi connectivity index (χ0v) is 8.21. The molecular formula is C11H11ClO. The highest BCUT2D eigenvalue weighted by Gasteiger charge is 2.41. The Labute approximate surface area is 82.7 Å². The van der Waals surface area contributed by atoms with Crippen LogP contribution in [-0.2, 0) is 4.79 Å². The molecule has 0 aromatic heterocycles. The van der Waals surface area contributed by atoms with Gasteiger partial charge >= 0.3 is 0 Å². The zero-order valence-electron chi connectivity index (χ0n) is 7.46. The lowest BCUT2D eigenvalue weighted by Gasteiger charge is -1.98. The van der Waals surface area contributed by atoms with Crippen LogP contribution in [0.25, 0.3) is 0 Å². The Hall–Kier alpha value is -0.820. The van der Waals surface area contributed by atoms with E-state index < -0.39 is 0 Å². The van der Waals surface area contributed by atoms with Gasteiger partial charge in [0, 0.05) is 10.9 Å². The summed E-state index contributed by atoms with van der Waals surface area (Å²) in [5.74, 6) is 0.972. The highest BCUT2D eigenvalue weighted by atomic mass is 35.5. The predicted molar refractivity (Wildman–Crippen MR) is 53.0 cm³/mol. The number of Topliss-reactive ketones (excluding diaryl/α,β-unsaturated/α-hetero) is 1. The summed E-state index contributed by atoms with van der Waals surface area (Å²) < 4.78 is 0. The van der Waals surface area contributed by atoms with Gasteiger partial charge in [0.05, 0.1) is 0 Å². The number of carbonyl (C=O) groups is 1. The minimum Gasteiger partial charge on any atom is -0.300 e. The van der Waals surface area contributed by atoms with Crippen LogP contribution >= 0.6 is 11.6 Å². The van der Waals surface area contributed by atoms with Crippen LogP contribution < -0.4 is 0 Å². The van der Waals surface area contributed by atoms with Crippen LogP contribution in [0.3, 0.4) is 0 Å². The van der Waals surface area contributed by atoms with Gasteiger partial charge in [-0.3, -0.25) is 4.79 Å². The summed E-state index contributed by atoms with van der Waals surface area (Å²) >= 11 is 5.86. The molecule has 1 aliphatic carbocycles. The van der Waals surface area contributed by atoms with E-state index in [2.05, 4.69) is 0 Å². The second-order valence-electron chi connectivity index (χ2n) is 3.61. The number of halogens is 1. The highest BCUT2D eigenvalue weighted by Crippen LogP contribution is 2.48. The van der Waals surface area contributed by atoms with Crippen LogP contribution in [0.1, 0.15) is 24.8 Å². The molecule has 1 fully saturated rings. The van der Waals surface area contributed by atoms with Crippen molar-refractivity contribution in [1.82, 2.24) is 0 Å². The Kier molecular flexibility index (Phi) is 2.12. The summed E-state index contributed by atoms with van der Waals surface area (Å²) in [4.78, 5) is 11.0. The Morgan fingerprint density at radius 2 is 2.31 bits per heavy atom. The second-order valence-corrected chi connectivity index (χ2v) is 4.05. The van der Waals surface area contributed by atoms with Gasteiger partial charge in [-0.05, 0) is 37.0 Å². The molecule has 0 aliphatic heterocycles. The number of rotatable bonds is 2. The van der Waals surface area contributed by atoms with E-state index >= 15 is 0 Å². The van der Waals surface area contributed by atoms with Crippen molar-refractivity contribution in [2.75, 3.05) is 0 Å². The second kappa shape index (κ2) is 3.15. The van der Waals surface area contributed by atoms with Crippen LogP contribution in [0.15, 0.2) is 24.3 Å². The predicted octanol–water partition coefficient (Wildman–Crippen LogP) is 3.03. The molecule has 1 aliphatic rings. The van der Waals surface area contributed by atoms with Gasteiger partial charge in [0.25, 0.3) is 0 Å². The molecule has 13 heavy (non-hydrogen) atoms. The lowest BCUT2D eigenvalue weighted by atomic mass is 10.1. The van der Waals surface area contributed by atoms with Crippen LogP contribution in [0.2, 0.25) is 5.02 Å². The van der Waals surface area contributed by atoms with Gasteiger partial charge in [0.1, 0.15) is 5.78 Å². The minimum atomic E-state index is 0.249. The Bertz CT molecular complexity index is 346. The fraction of sp³-hybridized carbons (Fsp3) is 0.364. The number of hydrogen-bond donors (Lipinski definition) is 0. The molecule has 2 rings (SSSR count). The maximum Gasteiger partial charge on any atom is 0.133 e. The molecule has 0 amide bonds. The number of ketones is 1. The van der Waals surface area contributed by atoms with Gasteiger partial charge < -0.3 is 0 Å². The standard InChI is InChI=1S/C11H11ClO/c1-7(13)10-6-11(10)8-3-2-4-9(12)5-8/h2-5,10-11H,6H2,1H3/t10-,11-/m1/s1. The SMILES string of the molecule is CC(=O)[C@H]1C[C@@H]1c1cccc(Cl)c1. The van der Waals surface area contributed by atoms with Crippen molar-refractivity contribution in [2.24, 2.45) is 5.92 Å². The quantitative estimate of drug-likeness (QED) is 0.708. The fourth-order valence-electron chi connectivity index (χ4n) is 1.75. The Balaban J connectivity index is 2.16. The van der Waals surface area contributed by atoms with E-state index in [4.69, 9.17) is 11.6 Å². The molecule has 0 bridgehead atoms. The summed E-state index contributed by atoms with van der Waals surface area (Å²) in [7, 11) is 0. The highest BCUT2D eigenvalue weighted by molar-refractivity contribution is 6.30. The molecule has 2 heteroatoms. The third-order valence-corrected chi connectivity index (χ3v) is 2.82. The maximum atomic E-state index is 11.0. The normalized spacial score (nSPS) is 25.7. The van der Waals surface area contributed by atoms with Crippen LogP contribution in [0.4, 0.5) is 0 Å². The molecule has 0 radical (unpaired) electrons. The van der Waals surface area contributed by atoms with Crippen LogP contribution in [-0.4, -0.2) is 5.78 Å².